The molecule has 0 spiro atoms. The average molecular weight is 294 g/mol. The predicted molar refractivity (Wildman–Crippen MR) is 78.8 cm³/mol. The Balaban J connectivity index is 2.19. The molecule has 2 aromatic carbocycles. The first-order valence-electron chi connectivity index (χ1n) is 5.57. The molecule has 0 aromatic heterocycles. The Labute approximate surface area is 120 Å². The number of rotatable bonds is 4. The Kier molecular flexibility index (Phi) is 4.35. The van der Waals surface area contributed by atoms with Crippen molar-refractivity contribution in [1.29, 1.82) is 0 Å². The number of carboxylic acid groups (broad SMARTS) is 1. The van der Waals surface area contributed by atoms with Crippen molar-refractivity contribution in [3.05, 3.63) is 58.6 Å². The van der Waals surface area contributed by atoms with Crippen LogP contribution in [0.15, 0.2) is 47.4 Å². The predicted octanol–water partition coefficient (Wildman–Crippen LogP) is 3.91. The van der Waals surface area contributed by atoms with Gasteiger partial charge in [-0.3, -0.25) is 0 Å². The minimum atomic E-state index is -0.967. The number of hydrogen-bond acceptors (Lipinski definition) is 3. The number of aromatic carboxylic acids is 1. The van der Waals surface area contributed by atoms with E-state index in [4.69, 9.17) is 22.4 Å². The molecule has 0 aliphatic rings. The molecule has 0 radical (unpaired) electrons. The molecule has 3 nitrogen and oxygen atoms in total. The number of carboxylic acids is 1. The molecule has 0 aliphatic carbocycles. The van der Waals surface area contributed by atoms with Gasteiger partial charge in [-0.2, -0.15) is 0 Å². The van der Waals surface area contributed by atoms with Crippen molar-refractivity contribution >= 4 is 35.0 Å². The van der Waals surface area contributed by atoms with Crippen LogP contribution in [0.3, 0.4) is 0 Å². The number of nitrogen functional groups attached to an aromatic ring is 1. The molecule has 0 amide bonds. The highest BCUT2D eigenvalue weighted by atomic mass is 35.5. The Bertz CT molecular complexity index is 599. The van der Waals surface area contributed by atoms with E-state index in [9.17, 15) is 4.79 Å². The standard InChI is InChI=1S/C14H12ClNO2S/c15-10-6-4-9(5-7-10)8-19-13-11(14(17)18)2-1-3-12(13)16/h1-7H,8,16H2,(H,17,18). The van der Waals surface area contributed by atoms with Crippen molar-refractivity contribution < 1.29 is 9.90 Å². The van der Waals surface area contributed by atoms with Gasteiger partial charge in [-0.1, -0.05) is 29.8 Å². The molecule has 19 heavy (non-hydrogen) atoms. The van der Waals surface area contributed by atoms with E-state index < -0.39 is 5.97 Å². The summed E-state index contributed by atoms with van der Waals surface area (Å²) in [5, 5.41) is 9.82. The van der Waals surface area contributed by atoms with E-state index in [1.165, 1.54) is 11.8 Å². The van der Waals surface area contributed by atoms with Gasteiger partial charge in [0.25, 0.3) is 0 Å². The van der Waals surface area contributed by atoms with Crippen molar-refractivity contribution in [2.45, 2.75) is 10.6 Å². The summed E-state index contributed by atoms with van der Waals surface area (Å²) < 4.78 is 0. The van der Waals surface area contributed by atoms with Crippen molar-refractivity contribution in [2.24, 2.45) is 0 Å². The van der Waals surface area contributed by atoms with Crippen LogP contribution in [0.1, 0.15) is 15.9 Å². The first-order valence-corrected chi connectivity index (χ1v) is 6.93. The molecule has 3 N–H and O–H groups in total. The molecule has 98 valence electrons. The van der Waals surface area contributed by atoms with E-state index >= 15 is 0 Å². The van der Waals surface area contributed by atoms with E-state index in [0.717, 1.165) is 5.56 Å². The van der Waals surface area contributed by atoms with Crippen LogP contribution in [0.5, 0.6) is 0 Å². The van der Waals surface area contributed by atoms with Gasteiger partial charge in [-0.25, -0.2) is 4.79 Å². The number of halogens is 1. The van der Waals surface area contributed by atoms with E-state index in [1.807, 2.05) is 24.3 Å². The topological polar surface area (TPSA) is 63.3 Å². The second-order valence-corrected chi connectivity index (χ2v) is 5.37. The number of hydrogen-bond donors (Lipinski definition) is 2. The van der Waals surface area contributed by atoms with Gasteiger partial charge >= 0.3 is 5.97 Å². The third-order valence-electron chi connectivity index (χ3n) is 2.57. The van der Waals surface area contributed by atoms with Crippen LogP contribution in [-0.2, 0) is 5.75 Å². The lowest BCUT2D eigenvalue weighted by Crippen LogP contribution is -2.01. The smallest absolute Gasteiger partial charge is 0.336 e. The van der Waals surface area contributed by atoms with E-state index in [-0.39, 0.29) is 5.56 Å². The monoisotopic (exact) mass is 293 g/mol. The van der Waals surface area contributed by atoms with Gasteiger partial charge in [-0.05, 0) is 29.8 Å². The quantitative estimate of drug-likeness (QED) is 0.662. The average Bonchev–Trinajstić information content (AvgIpc) is 2.39. The zero-order chi connectivity index (χ0) is 13.8. The van der Waals surface area contributed by atoms with Gasteiger partial charge < -0.3 is 10.8 Å². The molecule has 0 bridgehead atoms. The fourth-order valence-corrected chi connectivity index (χ4v) is 2.80. The first-order chi connectivity index (χ1) is 9.08. The van der Waals surface area contributed by atoms with E-state index in [2.05, 4.69) is 0 Å². The summed E-state index contributed by atoms with van der Waals surface area (Å²) in [5.41, 5.74) is 7.63. The summed E-state index contributed by atoms with van der Waals surface area (Å²) >= 11 is 7.23. The third kappa shape index (κ3) is 3.43. The molecule has 0 saturated carbocycles. The first kappa shape index (κ1) is 13.8. The van der Waals surface area contributed by atoms with E-state index in [1.54, 1.807) is 18.2 Å². The zero-order valence-corrected chi connectivity index (χ0v) is 11.5. The molecule has 5 heteroatoms. The largest absolute Gasteiger partial charge is 0.478 e. The van der Waals surface area contributed by atoms with Crippen LogP contribution >= 0.6 is 23.4 Å². The normalized spacial score (nSPS) is 10.4. The van der Waals surface area contributed by atoms with Crippen LogP contribution in [-0.4, -0.2) is 11.1 Å². The summed E-state index contributed by atoms with van der Waals surface area (Å²) in [4.78, 5) is 11.7. The van der Waals surface area contributed by atoms with Crippen LogP contribution in [0.25, 0.3) is 0 Å². The molecule has 0 saturated heterocycles. The molecule has 0 unspecified atom stereocenters. The highest BCUT2D eigenvalue weighted by Crippen LogP contribution is 2.31. The van der Waals surface area contributed by atoms with Gasteiger partial charge in [0, 0.05) is 21.4 Å². The summed E-state index contributed by atoms with van der Waals surface area (Å²) in [5.74, 6) is -0.322. The zero-order valence-electron chi connectivity index (χ0n) is 9.97. The Morgan fingerprint density at radius 2 is 1.89 bits per heavy atom. The highest BCUT2D eigenvalue weighted by Gasteiger charge is 2.13. The lowest BCUT2D eigenvalue weighted by molar-refractivity contribution is 0.0693. The van der Waals surface area contributed by atoms with E-state index in [0.29, 0.717) is 21.4 Å². The fourth-order valence-electron chi connectivity index (χ4n) is 1.62. The SMILES string of the molecule is Nc1cccc(C(=O)O)c1SCc1ccc(Cl)cc1. The second-order valence-electron chi connectivity index (χ2n) is 3.94. The maximum Gasteiger partial charge on any atom is 0.336 e. The number of nitrogens with two attached hydrogens (primary N) is 1. The lowest BCUT2D eigenvalue weighted by atomic mass is 10.2. The molecule has 0 fully saturated rings. The maximum atomic E-state index is 11.1. The highest BCUT2D eigenvalue weighted by molar-refractivity contribution is 7.98. The number of thioether (sulfide) groups is 1. The van der Waals surface area contributed by atoms with Crippen LogP contribution in [0, 0.1) is 0 Å². The number of carbonyl (C=O) groups is 1. The summed E-state index contributed by atoms with van der Waals surface area (Å²) in [6.07, 6.45) is 0. The van der Waals surface area contributed by atoms with Gasteiger partial charge in [0.2, 0.25) is 0 Å². The van der Waals surface area contributed by atoms with Gasteiger partial charge in [0.1, 0.15) is 0 Å². The molecule has 0 atom stereocenters. The minimum Gasteiger partial charge on any atom is -0.478 e. The fraction of sp³-hybridized carbons (Fsp3) is 0.0714. The molecule has 0 aliphatic heterocycles. The molecular formula is C14H12ClNO2S. The lowest BCUT2D eigenvalue weighted by Gasteiger charge is -2.09. The maximum absolute atomic E-state index is 11.1. The summed E-state index contributed by atoms with van der Waals surface area (Å²) in [6, 6.07) is 12.3. The molecular weight excluding hydrogens is 282 g/mol. The van der Waals surface area contributed by atoms with Gasteiger partial charge in [-0.15, -0.1) is 11.8 Å². The van der Waals surface area contributed by atoms with Gasteiger partial charge in [0.15, 0.2) is 0 Å². The van der Waals surface area contributed by atoms with Gasteiger partial charge in [0.05, 0.1) is 5.56 Å². The third-order valence-corrected chi connectivity index (χ3v) is 4.05. The van der Waals surface area contributed by atoms with Crippen LogP contribution in [0.2, 0.25) is 5.02 Å². The van der Waals surface area contributed by atoms with Crippen molar-refractivity contribution in [2.75, 3.05) is 5.73 Å². The van der Waals surface area contributed by atoms with Crippen LogP contribution < -0.4 is 5.73 Å². The molecule has 2 rings (SSSR count). The Morgan fingerprint density at radius 1 is 1.21 bits per heavy atom. The van der Waals surface area contributed by atoms with Crippen molar-refractivity contribution in [3.63, 3.8) is 0 Å². The van der Waals surface area contributed by atoms with Crippen LogP contribution in [0.4, 0.5) is 5.69 Å². The molecule has 2 aromatic rings. The summed E-state index contributed by atoms with van der Waals surface area (Å²) in [7, 11) is 0. The number of benzene rings is 2. The van der Waals surface area contributed by atoms with Crippen molar-refractivity contribution in [3.8, 4) is 0 Å². The Morgan fingerprint density at radius 3 is 2.53 bits per heavy atom. The Hall–Kier alpha value is -1.65. The summed E-state index contributed by atoms with van der Waals surface area (Å²) in [6.45, 7) is 0. The van der Waals surface area contributed by atoms with Crippen molar-refractivity contribution in [1.82, 2.24) is 0 Å². The minimum absolute atomic E-state index is 0.235. The number of anilines is 1. The molecule has 0 heterocycles. The second kappa shape index (κ2) is 5.99.